The molecule has 0 aliphatic carbocycles. The first-order chi connectivity index (χ1) is 5.47. The lowest BCUT2D eigenvalue weighted by molar-refractivity contribution is -0.0281. The highest BCUT2D eigenvalue weighted by molar-refractivity contribution is 5.58. The molecule has 0 aromatic rings. The fourth-order valence-corrected chi connectivity index (χ4v) is 1.71. The molecule has 0 aromatic carbocycles. The van der Waals surface area contributed by atoms with Crippen molar-refractivity contribution < 1.29 is 0 Å². The summed E-state index contributed by atoms with van der Waals surface area (Å²) in [6.45, 7) is 3.51. The first-order valence-electron chi connectivity index (χ1n) is 4.52. The highest BCUT2D eigenvalue weighted by Gasteiger charge is 2.17. The number of hydrogen-bond donors (Lipinski definition) is 0. The third-order valence-corrected chi connectivity index (χ3v) is 2.33. The van der Waals surface area contributed by atoms with Gasteiger partial charge in [0.05, 0.1) is 6.54 Å². The first kappa shape index (κ1) is 7.10. The molecule has 2 aliphatic rings. The molecule has 11 heavy (non-hydrogen) atoms. The number of hydrazine groups is 1. The minimum absolute atomic E-state index is 1.10. The van der Waals surface area contributed by atoms with Gasteiger partial charge in [0.15, 0.2) is 0 Å². The normalized spacial score (nSPS) is 26.4. The van der Waals surface area contributed by atoms with Crippen molar-refractivity contribution in [3.05, 3.63) is 0 Å². The molecule has 62 valence electrons. The number of piperidine rings is 1. The molecule has 0 atom stereocenters. The van der Waals surface area contributed by atoms with E-state index < -0.39 is 0 Å². The number of hydrazone groups is 1. The molecule has 2 aliphatic heterocycles. The summed E-state index contributed by atoms with van der Waals surface area (Å²) in [5.41, 5.74) is 0. The second kappa shape index (κ2) is 3.22. The Hall–Kier alpha value is -0.570. The van der Waals surface area contributed by atoms with Gasteiger partial charge in [-0.3, -0.25) is 0 Å². The van der Waals surface area contributed by atoms with Crippen LogP contribution in [0.5, 0.6) is 0 Å². The molecule has 0 saturated carbocycles. The number of hydrogen-bond acceptors (Lipinski definition) is 3. The van der Waals surface area contributed by atoms with Gasteiger partial charge in [0.2, 0.25) is 0 Å². The monoisotopic (exact) mass is 153 g/mol. The summed E-state index contributed by atoms with van der Waals surface area (Å²) in [5, 5.41) is 8.79. The molecule has 0 N–H and O–H groups in total. The molecule has 0 radical (unpaired) electrons. The molecule has 0 unspecified atom stereocenters. The fraction of sp³-hybridized carbons (Fsp3) is 0.875. The van der Waals surface area contributed by atoms with Crippen molar-refractivity contribution in [3.8, 4) is 0 Å². The Bertz CT molecular complexity index is 149. The van der Waals surface area contributed by atoms with E-state index in [9.17, 15) is 0 Å². The summed E-state index contributed by atoms with van der Waals surface area (Å²) in [4.78, 5) is 0. The Kier molecular flexibility index (Phi) is 2.08. The SMILES string of the molecule is C1=NN(N2CCCCC2)CC1. The van der Waals surface area contributed by atoms with Gasteiger partial charge in [-0.05, 0) is 12.8 Å². The summed E-state index contributed by atoms with van der Waals surface area (Å²) in [7, 11) is 0. The summed E-state index contributed by atoms with van der Waals surface area (Å²) >= 11 is 0. The van der Waals surface area contributed by atoms with Gasteiger partial charge in [0.1, 0.15) is 0 Å². The molecule has 3 heteroatoms. The minimum atomic E-state index is 1.10. The smallest absolute Gasteiger partial charge is 0.0585 e. The van der Waals surface area contributed by atoms with Crippen molar-refractivity contribution >= 4 is 6.21 Å². The van der Waals surface area contributed by atoms with Crippen molar-refractivity contribution in [3.63, 3.8) is 0 Å². The van der Waals surface area contributed by atoms with Crippen molar-refractivity contribution in [2.75, 3.05) is 19.6 Å². The van der Waals surface area contributed by atoms with E-state index in [0.29, 0.717) is 0 Å². The van der Waals surface area contributed by atoms with Gasteiger partial charge in [0, 0.05) is 25.7 Å². The first-order valence-corrected chi connectivity index (χ1v) is 4.52. The van der Waals surface area contributed by atoms with Gasteiger partial charge in [-0.25, -0.2) is 10.1 Å². The van der Waals surface area contributed by atoms with Crippen molar-refractivity contribution in [2.45, 2.75) is 25.7 Å². The lowest BCUT2D eigenvalue weighted by Crippen LogP contribution is -2.41. The van der Waals surface area contributed by atoms with Crippen LogP contribution in [0.25, 0.3) is 0 Å². The zero-order chi connectivity index (χ0) is 7.52. The second-order valence-corrected chi connectivity index (χ2v) is 3.20. The van der Waals surface area contributed by atoms with Crippen LogP contribution in [-0.4, -0.2) is 36.0 Å². The Morgan fingerprint density at radius 3 is 2.45 bits per heavy atom. The summed E-state index contributed by atoms with van der Waals surface area (Å²) < 4.78 is 0. The molecule has 1 saturated heterocycles. The fourth-order valence-electron chi connectivity index (χ4n) is 1.71. The van der Waals surface area contributed by atoms with E-state index >= 15 is 0 Å². The van der Waals surface area contributed by atoms with Crippen LogP contribution in [0.1, 0.15) is 25.7 Å². The standard InChI is InChI=1S/C8H15N3/c1-2-6-10(7-3-1)11-8-4-5-9-11/h5H,1-4,6-8H2. The average Bonchev–Trinajstić information content (AvgIpc) is 2.58. The second-order valence-electron chi connectivity index (χ2n) is 3.20. The predicted molar refractivity (Wildman–Crippen MR) is 45.2 cm³/mol. The summed E-state index contributed by atoms with van der Waals surface area (Å²) in [6, 6.07) is 0. The molecule has 0 amide bonds. The number of rotatable bonds is 1. The van der Waals surface area contributed by atoms with Crippen molar-refractivity contribution in [1.82, 2.24) is 10.1 Å². The maximum atomic E-state index is 4.29. The van der Waals surface area contributed by atoms with E-state index in [2.05, 4.69) is 15.2 Å². The highest BCUT2D eigenvalue weighted by Crippen LogP contribution is 2.13. The van der Waals surface area contributed by atoms with Crippen molar-refractivity contribution in [1.29, 1.82) is 0 Å². The number of nitrogens with zero attached hydrogens (tertiary/aromatic N) is 3. The third kappa shape index (κ3) is 1.53. The van der Waals surface area contributed by atoms with Gasteiger partial charge in [0.25, 0.3) is 0 Å². The van der Waals surface area contributed by atoms with E-state index in [0.717, 1.165) is 13.0 Å². The van der Waals surface area contributed by atoms with E-state index in [1.165, 1.54) is 32.4 Å². The lowest BCUT2D eigenvalue weighted by atomic mass is 10.2. The molecule has 3 nitrogen and oxygen atoms in total. The Balaban J connectivity index is 1.87. The van der Waals surface area contributed by atoms with Crippen LogP contribution in [0.4, 0.5) is 0 Å². The van der Waals surface area contributed by atoms with E-state index in [1.807, 2.05) is 6.21 Å². The zero-order valence-electron chi connectivity index (χ0n) is 6.87. The predicted octanol–water partition coefficient (Wildman–Crippen LogP) is 1.08. The van der Waals surface area contributed by atoms with Crippen LogP contribution in [0, 0.1) is 0 Å². The van der Waals surface area contributed by atoms with Crippen LogP contribution < -0.4 is 0 Å². The molecule has 2 rings (SSSR count). The van der Waals surface area contributed by atoms with Gasteiger partial charge < -0.3 is 0 Å². The van der Waals surface area contributed by atoms with Gasteiger partial charge in [-0.15, -0.1) is 0 Å². The Labute approximate surface area is 67.6 Å². The average molecular weight is 153 g/mol. The molecule has 0 bridgehead atoms. The zero-order valence-corrected chi connectivity index (χ0v) is 6.87. The van der Waals surface area contributed by atoms with Crippen LogP contribution in [0.2, 0.25) is 0 Å². The van der Waals surface area contributed by atoms with E-state index in [1.54, 1.807) is 0 Å². The minimum Gasteiger partial charge on any atom is -0.227 e. The van der Waals surface area contributed by atoms with Crippen LogP contribution in [-0.2, 0) is 0 Å². The Morgan fingerprint density at radius 1 is 1.00 bits per heavy atom. The van der Waals surface area contributed by atoms with Crippen molar-refractivity contribution in [2.24, 2.45) is 5.10 Å². The molecule has 0 aromatic heterocycles. The molecule has 1 fully saturated rings. The van der Waals surface area contributed by atoms with E-state index in [-0.39, 0.29) is 0 Å². The van der Waals surface area contributed by atoms with Gasteiger partial charge in [-0.1, -0.05) is 6.42 Å². The van der Waals surface area contributed by atoms with Gasteiger partial charge in [-0.2, -0.15) is 5.10 Å². The Morgan fingerprint density at radius 2 is 1.82 bits per heavy atom. The summed E-state index contributed by atoms with van der Waals surface area (Å²) in [6.07, 6.45) is 7.21. The van der Waals surface area contributed by atoms with Crippen LogP contribution in [0.15, 0.2) is 5.10 Å². The molecular formula is C8H15N3. The molecule has 0 spiro atoms. The van der Waals surface area contributed by atoms with Crippen LogP contribution in [0.3, 0.4) is 0 Å². The highest BCUT2D eigenvalue weighted by atomic mass is 15.8. The maximum absolute atomic E-state index is 4.29. The van der Waals surface area contributed by atoms with Crippen LogP contribution >= 0.6 is 0 Å². The largest absolute Gasteiger partial charge is 0.227 e. The summed E-state index contributed by atoms with van der Waals surface area (Å²) in [5.74, 6) is 0. The maximum Gasteiger partial charge on any atom is 0.0585 e. The van der Waals surface area contributed by atoms with Gasteiger partial charge >= 0.3 is 0 Å². The molecular weight excluding hydrogens is 138 g/mol. The third-order valence-electron chi connectivity index (χ3n) is 2.33. The quantitative estimate of drug-likeness (QED) is 0.561. The lowest BCUT2D eigenvalue weighted by Gasteiger charge is -2.32. The topological polar surface area (TPSA) is 18.8 Å². The van der Waals surface area contributed by atoms with E-state index in [4.69, 9.17) is 0 Å². The molecule has 2 heterocycles.